The van der Waals surface area contributed by atoms with Gasteiger partial charge in [-0.25, -0.2) is 0 Å². The molecule has 0 aliphatic carbocycles. The van der Waals surface area contributed by atoms with E-state index in [1.165, 1.54) is 35.1 Å². The summed E-state index contributed by atoms with van der Waals surface area (Å²) in [6.45, 7) is 9.50. The van der Waals surface area contributed by atoms with Crippen LogP contribution < -0.4 is 5.73 Å². The van der Waals surface area contributed by atoms with Crippen molar-refractivity contribution in [1.29, 1.82) is 0 Å². The van der Waals surface area contributed by atoms with Crippen LogP contribution in [-0.2, 0) is 19.6 Å². The van der Waals surface area contributed by atoms with E-state index in [2.05, 4.69) is 52.7 Å². The van der Waals surface area contributed by atoms with Crippen LogP contribution in [0.3, 0.4) is 0 Å². The van der Waals surface area contributed by atoms with E-state index in [9.17, 15) is 0 Å². The maximum atomic E-state index is 5.92. The first-order valence-corrected chi connectivity index (χ1v) is 7.93. The van der Waals surface area contributed by atoms with Gasteiger partial charge in [0.15, 0.2) is 0 Å². The van der Waals surface area contributed by atoms with E-state index in [1.807, 2.05) is 0 Å². The van der Waals surface area contributed by atoms with Crippen LogP contribution in [0, 0.1) is 0 Å². The molecule has 1 aliphatic rings. The Balaban J connectivity index is 1.92. The third kappa shape index (κ3) is 2.84. The van der Waals surface area contributed by atoms with Gasteiger partial charge in [0.2, 0.25) is 0 Å². The first-order chi connectivity index (χ1) is 10.2. The van der Waals surface area contributed by atoms with Crippen molar-refractivity contribution in [3.05, 3.63) is 35.5 Å². The van der Waals surface area contributed by atoms with Crippen molar-refractivity contribution in [2.75, 3.05) is 33.2 Å². The number of likely N-dealkylation sites (N-methyl/N-ethyl adjacent to an activating group) is 1. The van der Waals surface area contributed by atoms with Gasteiger partial charge in [-0.2, -0.15) is 0 Å². The summed E-state index contributed by atoms with van der Waals surface area (Å²) in [5, 5.41) is 1.37. The molecular formula is C17H26N4. The summed E-state index contributed by atoms with van der Waals surface area (Å²) >= 11 is 0. The molecule has 0 saturated carbocycles. The van der Waals surface area contributed by atoms with Crippen LogP contribution in [0.2, 0.25) is 0 Å². The number of rotatable bonds is 4. The monoisotopic (exact) mass is 286 g/mol. The molecule has 1 fully saturated rings. The summed E-state index contributed by atoms with van der Waals surface area (Å²) in [5.74, 6) is 0. The van der Waals surface area contributed by atoms with Gasteiger partial charge >= 0.3 is 0 Å². The van der Waals surface area contributed by atoms with Crippen LogP contribution in [0.5, 0.6) is 0 Å². The normalized spacial score (nSPS) is 17.7. The Morgan fingerprint density at radius 3 is 2.52 bits per heavy atom. The number of piperazine rings is 1. The molecule has 0 spiro atoms. The number of fused-ring (bicyclic) bond motifs is 1. The minimum atomic E-state index is 0.606. The zero-order chi connectivity index (χ0) is 14.8. The molecule has 3 rings (SSSR count). The van der Waals surface area contributed by atoms with Gasteiger partial charge in [0.25, 0.3) is 0 Å². The van der Waals surface area contributed by atoms with Crippen molar-refractivity contribution < 1.29 is 0 Å². The topological polar surface area (TPSA) is 37.4 Å². The van der Waals surface area contributed by atoms with Gasteiger partial charge in [-0.1, -0.05) is 18.2 Å². The maximum Gasteiger partial charge on any atom is 0.0529 e. The zero-order valence-corrected chi connectivity index (χ0v) is 13.2. The van der Waals surface area contributed by atoms with E-state index in [1.54, 1.807) is 0 Å². The van der Waals surface area contributed by atoms with Crippen molar-refractivity contribution in [3.8, 4) is 0 Å². The number of hydrogen-bond acceptors (Lipinski definition) is 3. The lowest BCUT2D eigenvalue weighted by Gasteiger charge is -2.32. The molecule has 114 valence electrons. The van der Waals surface area contributed by atoms with E-state index in [0.29, 0.717) is 6.54 Å². The standard InChI is InChI=1S/C17H26N4/c1-3-21-13-15(12-20-9-7-19(2)8-10-20)16-6-4-5-14(11-18)17(16)21/h4-6,13H,3,7-12,18H2,1-2H3. The van der Waals surface area contributed by atoms with Crippen LogP contribution in [0.25, 0.3) is 10.9 Å². The van der Waals surface area contributed by atoms with Crippen LogP contribution in [0.4, 0.5) is 0 Å². The van der Waals surface area contributed by atoms with E-state index in [4.69, 9.17) is 5.73 Å². The number of hydrogen-bond donors (Lipinski definition) is 1. The van der Waals surface area contributed by atoms with E-state index < -0.39 is 0 Å². The van der Waals surface area contributed by atoms with Gasteiger partial charge in [-0.3, -0.25) is 4.90 Å². The van der Waals surface area contributed by atoms with E-state index in [-0.39, 0.29) is 0 Å². The third-order valence-electron chi connectivity index (χ3n) is 4.61. The second-order valence-corrected chi connectivity index (χ2v) is 6.04. The molecule has 2 aromatic rings. The van der Waals surface area contributed by atoms with Gasteiger partial charge in [0.05, 0.1) is 5.52 Å². The molecule has 2 N–H and O–H groups in total. The Hall–Kier alpha value is -1.36. The van der Waals surface area contributed by atoms with Crippen molar-refractivity contribution in [1.82, 2.24) is 14.4 Å². The summed E-state index contributed by atoms with van der Waals surface area (Å²) in [5.41, 5.74) is 9.93. The molecule has 0 bridgehead atoms. The fourth-order valence-electron chi connectivity index (χ4n) is 3.30. The molecule has 1 aromatic carbocycles. The quantitative estimate of drug-likeness (QED) is 0.932. The first kappa shape index (κ1) is 14.6. The zero-order valence-electron chi connectivity index (χ0n) is 13.2. The number of aromatic nitrogens is 1. The molecular weight excluding hydrogens is 260 g/mol. The van der Waals surface area contributed by atoms with Crippen molar-refractivity contribution in [3.63, 3.8) is 0 Å². The van der Waals surface area contributed by atoms with Gasteiger partial charge in [0, 0.05) is 57.4 Å². The lowest BCUT2D eigenvalue weighted by molar-refractivity contribution is 0.148. The summed E-state index contributed by atoms with van der Waals surface area (Å²) < 4.78 is 2.35. The molecule has 4 heteroatoms. The maximum absolute atomic E-state index is 5.92. The Bertz CT molecular complexity index is 609. The fraction of sp³-hybridized carbons (Fsp3) is 0.529. The Kier molecular flexibility index (Phi) is 4.29. The fourth-order valence-corrected chi connectivity index (χ4v) is 3.30. The predicted octanol–water partition coefficient (Wildman–Crippen LogP) is 1.87. The highest BCUT2D eigenvalue weighted by Crippen LogP contribution is 2.26. The smallest absolute Gasteiger partial charge is 0.0529 e. The number of para-hydroxylation sites is 1. The minimum absolute atomic E-state index is 0.606. The summed E-state index contributed by atoms with van der Waals surface area (Å²) in [6, 6.07) is 6.53. The second kappa shape index (κ2) is 6.18. The van der Waals surface area contributed by atoms with Gasteiger partial charge < -0.3 is 15.2 Å². The molecule has 1 aromatic heterocycles. The Morgan fingerprint density at radius 2 is 1.86 bits per heavy atom. The van der Waals surface area contributed by atoms with Crippen LogP contribution in [0.15, 0.2) is 24.4 Å². The van der Waals surface area contributed by atoms with Crippen molar-refractivity contribution in [2.45, 2.75) is 26.6 Å². The highest BCUT2D eigenvalue weighted by Gasteiger charge is 2.17. The highest BCUT2D eigenvalue weighted by atomic mass is 15.2. The number of nitrogens with zero attached hydrogens (tertiary/aromatic N) is 3. The first-order valence-electron chi connectivity index (χ1n) is 7.93. The van der Waals surface area contributed by atoms with E-state index >= 15 is 0 Å². The minimum Gasteiger partial charge on any atom is -0.347 e. The average molecular weight is 286 g/mol. The van der Waals surface area contributed by atoms with Gasteiger partial charge in [-0.05, 0) is 25.1 Å². The molecule has 2 heterocycles. The van der Waals surface area contributed by atoms with Crippen molar-refractivity contribution in [2.24, 2.45) is 5.73 Å². The van der Waals surface area contributed by atoms with Crippen LogP contribution in [0.1, 0.15) is 18.1 Å². The second-order valence-electron chi connectivity index (χ2n) is 6.04. The van der Waals surface area contributed by atoms with E-state index in [0.717, 1.165) is 26.2 Å². The molecule has 21 heavy (non-hydrogen) atoms. The largest absolute Gasteiger partial charge is 0.347 e. The number of benzene rings is 1. The molecule has 0 unspecified atom stereocenters. The summed E-state index contributed by atoms with van der Waals surface area (Å²) in [7, 11) is 2.20. The predicted molar refractivity (Wildman–Crippen MR) is 88.3 cm³/mol. The number of aryl methyl sites for hydroxylation is 1. The van der Waals surface area contributed by atoms with Crippen LogP contribution >= 0.6 is 0 Å². The van der Waals surface area contributed by atoms with Gasteiger partial charge in [0.1, 0.15) is 0 Å². The molecule has 0 radical (unpaired) electrons. The highest BCUT2D eigenvalue weighted by molar-refractivity contribution is 5.86. The van der Waals surface area contributed by atoms with Gasteiger partial charge in [-0.15, -0.1) is 0 Å². The third-order valence-corrected chi connectivity index (χ3v) is 4.61. The molecule has 0 amide bonds. The lowest BCUT2D eigenvalue weighted by Crippen LogP contribution is -2.43. The average Bonchev–Trinajstić information content (AvgIpc) is 2.87. The molecule has 0 atom stereocenters. The number of nitrogens with two attached hydrogens (primary N) is 1. The molecule has 4 nitrogen and oxygen atoms in total. The SMILES string of the molecule is CCn1cc(CN2CCN(C)CC2)c2cccc(CN)c21. The summed E-state index contributed by atoms with van der Waals surface area (Å²) in [4.78, 5) is 4.96. The molecule has 1 saturated heterocycles. The molecule has 1 aliphatic heterocycles. The Morgan fingerprint density at radius 1 is 1.10 bits per heavy atom. The van der Waals surface area contributed by atoms with Crippen LogP contribution in [-0.4, -0.2) is 47.6 Å². The Labute approximate surface area is 127 Å². The lowest BCUT2D eigenvalue weighted by atomic mass is 10.1. The van der Waals surface area contributed by atoms with Crippen molar-refractivity contribution >= 4 is 10.9 Å². The summed E-state index contributed by atoms with van der Waals surface area (Å²) in [6.07, 6.45) is 2.32.